The van der Waals surface area contributed by atoms with Gasteiger partial charge in [-0.15, -0.1) is 0 Å². The molecule has 0 radical (unpaired) electrons. The van der Waals surface area contributed by atoms with Crippen LogP contribution in [0, 0.1) is 0 Å². The number of benzene rings is 1. The van der Waals surface area contributed by atoms with E-state index in [0.29, 0.717) is 23.6 Å². The van der Waals surface area contributed by atoms with E-state index in [-0.39, 0.29) is 5.92 Å². The molecule has 0 bridgehead atoms. The number of halogens is 2. The summed E-state index contributed by atoms with van der Waals surface area (Å²) in [5.74, 6) is 0.597. The molecule has 1 unspecified atom stereocenters. The number of hydrogen-bond acceptors (Lipinski definition) is 1. The molecule has 16 heavy (non-hydrogen) atoms. The second-order valence-electron chi connectivity index (χ2n) is 4.35. The standard InChI is InChI=1S/C13H14Cl2O/c14-10-5-6-13(15)12(8-10)9-3-1-2-4-11(16)7-9/h5-6,8-9H,1-4,7H2. The van der Waals surface area contributed by atoms with E-state index >= 15 is 0 Å². The second kappa shape index (κ2) is 5.20. The van der Waals surface area contributed by atoms with Crippen LogP contribution in [0.5, 0.6) is 0 Å². The Kier molecular flexibility index (Phi) is 3.88. The molecule has 2 rings (SSSR count). The highest BCUT2D eigenvalue weighted by molar-refractivity contribution is 6.33. The van der Waals surface area contributed by atoms with E-state index in [9.17, 15) is 4.79 Å². The van der Waals surface area contributed by atoms with Crippen LogP contribution in [0.4, 0.5) is 0 Å². The van der Waals surface area contributed by atoms with E-state index in [4.69, 9.17) is 23.2 Å². The predicted octanol–water partition coefficient (Wildman–Crippen LogP) is 4.61. The summed E-state index contributed by atoms with van der Waals surface area (Å²) in [7, 11) is 0. The molecule has 0 aliphatic heterocycles. The summed E-state index contributed by atoms with van der Waals surface area (Å²) in [4.78, 5) is 11.6. The van der Waals surface area contributed by atoms with Crippen LogP contribution in [0.1, 0.15) is 43.6 Å². The monoisotopic (exact) mass is 256 g/mol. The van der Waals surface area contributed by atoms with Gasteiger partial charge in [-0.1, -0.05) is 29.6 Å². The molecular weight excluding hydrogens is 243 g/mol. The van der Waals surface area contributed by atoms with Crippen LogP contribution in [0.25, 0.3) is 0 Å². The van der Waals surface area contributed by atoms with Crippen molar-refractivity contribution in [1.29, 1.82) is 0 Å². The van der Waals surface area contributed by atoms with Gasteiger partial charge in [0.15, 0.2) is 0 Å². The first kappa shape index (κ1) is 11.9. The molecular formula is C13H14Cl2O. The largest absolute Gasteiger partial charge is 0.300 e. The van der Waals surface area contributed by atoms with Gasteiger partial charge in [0.05, 0.1) is 0 Å². The molecule has 1 aliphatic carbocycles. The molecule has 0 aromatic heterocycles. The molecule has 1 aromatic carbocycles. The summed E-state index contributed by atoms with van der Waals surface area (Å²) >= 11 is 12.1. The van der Waals surface area contributed by atoms with Crippen molar-refractivity contribution in [2.45, 2.75) is 38.0 Å². The summed E-state index contributed by atoms with van der Waals surface area (Å²) in [5.41, 5.74) is 1.03. The SMILES string of the molecule is O=C1CCCCC(c2cc(Cl)ccc2Cl)C1. The quantitative estimate of drug-likeness (QED) is 0.671. The lowest BCUT2D eigenvalue weighted by atomic mass is 9.91. The van der Waals surface area contributed by atoms with Gasteiger partial charge in [-0.2, -0.15) is 0 Å². The Hall–Kier alpha value is -0.530. The molecule has 1 aliphatic rings. The van der Waals surface area contributed by atoms with Gasteiger partial charge >= 0.3 is 0 Å². The fraction of sp³-hybridized carbons (Fsp3) is 0.462. The summed E-state index contributed by atoms with van der Waals surface area (Å²) in [5, 5.41) is 1.42. The number of ketones is 1. The molecule has 3 heteroatoms. The van der Waals surface area contributed by atoms with Gasteiger partial charge in [-0.25, -0.2) is 0 Å². The lowest BCUT2D eigenvalue weighted by Gasteiger charge is -2.15. The van der Waals surface area contributed by atoms with Crippen LogP contribution in [-0.2, 0) is 4.79 Å². The highest BCUT2D eigenvalue weighted by Crippen LogP contribution is 2.35. The Morgan fingerprint density at radius 2 is 2.00 bits per heavy atom. The molecule has 0 saturated heterocycles. The van der Waals surface area contributed by atoms with Gasteiger partial charge < -0.3 is 0 Å². The van der Waals surface area contributed by atoms with Gasteiger partial charge in [-0.3, -0.25) is 4.79 Å². The second-order valence-corrected chi connectivity index (χ2v) is 5.19. The maximum atomic E-state index is 11.6. The minimum Gasteiger partial charge on any atom is -0.300 e. The number of hydrogen-bond donors (Lipinski definition) is 0. The third-order valence-corrected chi connectivity index (χ3v) is 3.71. The fourth-order valence-electron chi connectivity index (χ4n) is 2.28. The summed E-state index contributed by atoms with van der Waals surface area (Å²) in [6.45, 7) is 0. The highest BCUT2D eigenvalue weighted by Gasteiger charge is 2.21. The molecule has 0 spiro atoms. The summed E-state index contributed by atoms with van der Waals surface area (Å²) in [6, 6.07) is 5.49. The zero-order valence-electron chi connectivity index (χ0n) is 9.01. The van der Waals surface area contributed by atoms with E-state index in [1.807, 2.05) is 12.1 Å². The molecule has 1 saturated carbocycles. The molecule has 1 aromatic rings. The first-order chi connectivity index (χ1) is 7.66. The minimum atomic E-state index is 0.251. The van der Waals surface area contributed by atoms with Crippen molar-refractivity contribution < 1.29 is 4.79 Å². The Bertz CT molecular complexity index is 401. The van der Waals surface area contributed by atoms with E-state index in [2.05, 4.69) is 0 Å². The van der Waals surface area contributed by atoms with Crippen LogP contribution >= 0.6 is 23.2 Å². The number of carbonyl (C=O) groups is 1. The third kappa shape index (κ3) is 2.78. The van der Waals surface area contributed by atoms with Gasteiger partial charge in [-0.05, 0) is 42.5 Å². The van der Waals surface area contributed by atoms with Crippen LogP contribution in [0.3, 0.4) is 0 Å². The molecule has 1 fully saturated rings. The van der Waals surface area contributed by atoms with Gasteiger partial charge in [0, 0.05) is 22.9 Å². The molecule has 0 heterocycles. The molecule has 86 valence electrons. The average molecular weight is 257 g/mol. The van der Waals surface area contributed by atoms with Crippen LogP contribution in [0.15, 0.2) is 18.2 Å². The van der Waals surface area contributed by atoms with Gasteiger partial charge in [0.1, 0.15) is 5.78 Å². The number of Topliss-reactive ketones (excluding diaryl/α,β-unsaturated/α-hetero) is 1. The number of carbonyl (C=O) groups excluding carboxylic acids is 1. The van der Waals surface area contributed by atoms with Gasteiger partial charge in [0.2, 0.25) is 0 Å². The zero-order chi connectivity index (χ0) is 11.5. The average Bonchev–Trinajstić information content (AvgIpc) is 2.46. The Labute approximate surface area is 106 Å². The Morgan fingerprint density at radius 3 is 2.81 bits per heavy atom. The van der Waals surface area contributed by atoms with Crippen LogP contribution in [-0.4, -0.2) is 5.78 Å². The van der Waals surface area contributed by atoms with E-state index in [1.165, 1.54) is 0 Å². The smallest absolute Gasteiger partial charge is 0.133 e. The Morgan fingerprint density at radius 1 is 1.19 bits per heavy atom. The minimum absolute atomic E-state index is 0.251. The van der Waals surface area contributed by atoms with E-state index in [1.54, 1.807) is 6.07 Å². The van der Waals surface area contributed by atoms with Crippen molar-refractivity contribution in [3.05, 3.63) is 33.8 Å². The lowest BCUT2D eigenvalue weighted by molar-refractivity contribution is -0.119. The maximum absolute atomic E-state index is 11.6. The van der Waals surface area contributed by atoms with Crippen molar-refractivity contribution in [3.8, 4) is 0 Å². The normalized spacial score (nSPS) is 21.9. The predicted molar refractivity (Wildman–Crippen MR) is 67.3 cm³/mol. The number of rotatable bonds is 1. The van der Waals surface area contributed by atoms with Crippen molar-refractivity contribution in [2.75, 3.05) is 0 Å². The van der Waals surface area contributed by atoms with Crippen LogP contribution in [0.2, 0.25) is 10.0 Å². The topological polar surface area (TPSA) is 17.1 Å². The van der Waals surface area contributed by atoms with Gasteiger partial charge in [0.25, 0.3) is 0 Å². The van der Waals surface area contributed by atoms with Crippen LogP contribution < -0.4 is 0 Å². The highest BCUT2D eigenvalue weighted by atomic mass is 35.5. The molecule has 0 N–H and O–H groups in total. The Balaban J connectivity index is 2.27. The lowest BCUT2D eigenvalue weighted by Crippen LogP contribution is -2.04. The summed E-state index contributed by atoms with van der Waals surface area (Å²) < 4.78 is 0. The third-order valence-electron chi connectivity index (χ3n) is 3.13. The van der Waals surface area contributed by atoms with Crippen molar-refractivity contribution >= 4 is 29.0 Å². The maximum Gasteiger partial charge on any atom is 0.133 e. The van der Waals surface area contributed by atoms with E-state index in [0.717, 1.165) is 29.8 Å². The van der Waals surface area contributed by atoms with E-state index < -0.39 is 0 Å². The van der Waals surface area contributed by atoms with Crippen molar-refractivity contribution in [2.24, 2.45) is 0 Å². The molecule has 1 nitrogen and oxygen atoms in total. The van der Waals surface area contributed by atoms with Crippen molar-refractivity contribution in [3.63, 3.8) is 0 Å². The zero-order valence-corrected chi connectivity index (χ0v) is 10.5. The first-order valence-electron chi connectivity index (χ1n) is 5.63. The first-order valence-corrected chi connectivity index (χ1v) is 6.39. The molecule has 0 amide bonds. The molecule has 1 atom stereocenters. The summed E-state index contributed by atoms with van der Waals surface area (Å²) in [6.07, 6.45) is 4.47. The fourth-order valence-corrected chi connectivity index (χ4v) is 2.74. The van der Waals surface area contributed by atoms with Crippen molar-refractivity contribution in [1.82, 2.24) is 0 Å².